The molecule has 1 unspecified atom stereocenters. The van der Waals surface area contributed by atoms with Gasteiger partial charge in [0.1, 0.15) is 5.69 Å². The second-order valence-electron chi connectivity index (χ2n) is 4.00. The number of carbonyl (C=O) groups excluding carboxylic acids is 1. The van der Waals surface area contributed by atoms with Crippen LogP contribution in [0.15, 0.2) is 36.5 Å². The summed E-state index contributed by atoms with van der Waals surface area (Å²) >= 11 is 6.08. The number of hydrogen-bond donors (Lipinski definition) is 1. The Hall–Kier alpha value is -1.81. The minimum absolute atomic E-state index is 0.159. The molecule has 1 heterocycles. The molecule has 4 nitrogen and oxygen atoms in total. The summed E-state index contributed by atoms with van der Waals surface area (Å²) in [6.07, 6.45) is 1.59. The molecule has 0 radical (unpaired) electrons. The van der Waals surface area contributed by atoms with E-state index in [2.05, 4.69) is 10.4 Å². The molecular weight excluding hydrogens is 250 g/mol. The number of carbonyl (C=O) groups is 1. The van der Waals surface area contributed by atoms with Crippen molar-refractivity contribution >= 4 is 23.2 Å². The Balaban J connectivity index is 2.25. The molecule has 1 aromatic heterocycles. The summed E-state index contributed by atoms with van der Waals surface area (Å²) in [6.45, 7) is 1.87. The van der Waals surface area contributed by atoms with E-state index in [-0.39, 0.29) is 11.3 Å². The molecule has 1 aromatic carbocycles. The zero-order chi connectivity index (χ0) is 13.1. The third-order valence-electron chi connectivity index (χ3n) is 2.69. The van der Waals surface area contributed by atoms with Crippen LogP contribution in [0.5, 0.6) is 0 Å². The smallest absolute Gasteiger partial charge is 0.273 e. The highest BCUT2D eigenvalue weighted by Crippen LogP contribution is 2.27. The molecule has 18 heavy (non-hydrogen) atoms. The van der Waals surface area contributed by atoms with E-state index in [0.29, 0.717) is 5.69 Å². The summed E-state index contributed by atoms with van der Waals surface area (Å²) in [5.74, 6) is -0.195. The van der Waals surface area contributed by atoms with Crippen molar-refractivity contribution in [3.05, 3.63) is 47.8 Å². The van der Waals surface area contributed by atoms with Crippen LogP contribution < -0.4 is 5.32 Å². The fourth-order valence-electron chi connectivity index (χ4n) is 1.74. The highest BCUT2D eigenvalue weighted by atomic mass is 35.5. The summed E-state index contributed by atoms with van der Waals surface area (Å²) < 4.78 is 1.53. The van der Waals surface area contributed by atoms with Crippen LogP contribution in [-0.4, -0.2) is 15.7 Å². The number of benzene rings is 1. The highest BCUT2D eigenvalue weighted by molar-refractivity contribution is 6.21. The first-order chi connectivity index (χ1) is 8.59. The number of aryl methyl sites for hydroxylation is 1. The lowest BCUT2D eigenvalue weighted by Crippen LogP contribution is -2.17. The lowest BCUT2D eigenvalue weighted by Gasteiger charge is -2.12. The van der Waals surface area contributed by atoms with E-state index in [4.69, 9.17) is 11.6 Å². The zero-order valence-electron chi connectivity index (χ0n) is 10.2. The fourth-order valence-corrected chi connectivity index (χ4v) is 1.93. The maximum atomic E-state index is 12.1. The lowest BCUT2D eigenvalue weighted by molar-refractivity contribution is 0.101. The van der Waals surface area contributed by atoms with E-state index in [0.717, 1.165) is 11.3 Å². The molecule has 94 valence electrons. The first kappa shape index (κ1) is 12.6. The van der Waals surface area contributed by atoms with Gasteiger partial charge in [-0.15, -0.1) is 11.6 Å². The van der Waals surface area contributed by atoms with Gasteiger partial charge in [-0.25, -0.2) is 0 Å². The quantitative estimate of drug-likeness (QED) is 0.866. The van der Waals surface area contributed by atoms with Crippen LogP contribution in [0.1, 0.15) is 28.4 Å². The zero-order valence-corrected chi connectivity index (χ0v) is 11.0. The van der Waals surface area contributed by atoms with E-state index in [1.54, 1.807) is 19.3 Å². The van der Waals surface area contributed by atoms with Gasteiger partial charge in [-0.2, -0.15) is 5.10 Å². The van der Waals surface area contributed by atoms with E-state index >= 15 is 0 Å². The van der Waals surface area contributed by atoms with Crippen LogP contribution in [0.25, 0.3) is 0 Å². The first-order valence-electron chi connectivity index (χ1n) is 5.62. The summed E-state index contributed by atoms with van der Waals surface area (Å²) in [5.41, 5.74) is 2.13. The molecule has 0 aliphatic heterocycles. The number of hydrogen-bond acceptors (Lipinski definition) is 2. The predicted molar refractivity (Wildman–Crippen MR) is 71.9 cm³/mol. The molecule has 0 fully saturated rings. The predicted octanol–water partition coefficient (Wildman–Crippen LogP) is 2.97. The number of para-hydroxylation sites is 1. The van der Waals surface area contributed by atoms with Gasteiger partial charge in [0.05, 0.1) is 5.38 Å². The SMILES string of the molecule is CC(Cl)c1ccccc1NC(=O)c1ccnn1C. The highest BCUT2D eigenvalue weighted by Gasteiger charge is 2.13. The number of amides is 1. The molecule has 0 saturated heterocycles. The minimum atomic E-state index is -0.195. The molecule has 0 saturated carbocycles. The average Bonchev–Trinajstić information content (AvgIpc) is 2.76. The summed E-state index contributed by atoms with van der Waals surface area (Å²) in [6, 6.07) is 9.16. The van der Waals surface area contributed by atoms with Crippen LogP contribution in [-0.2, 0) is 7.05 Å². The maximum Gasteiger partial charge on any atom is 0.273 e. The minimum Gasteiger partial charge on any atom is -0.320 e. The van der Waals surface area contributed by atoms with Crippen molar-refractivity contribution < 1.29 is 4.79 Å². The second kappa shape index (κ2) is 5.23. The molecular formula is C13H14ClN3O. The number of nitrogens with zero attached hydrogens (tertiary/aromatic N) is 2. The molecule has 0 aliphatic carbocycles. The lowest BCUT2D eigenvalue weighted by atomic mass is 10.1. The Morgan fingerprint density at radius 3 is 2.72 bits per heavy atom. The van der Waals surface area contributed by atoms with Gasteiger partial charge in [0.25, 0.3) is 5.91 Å². The number of alkyl halides is 1. The van der Waals surface area contributed by atoms with E-state index in [1.165, 1.54) is 4.68 Å². The number of rotatable bonds is 3. The molecule has 5 heteroatoms. The third kappa shape index (κ3) is 2.54. The second-order valence-corrected chi connectivity index (χ2v) is 4.65. The molecule has 1 N–H and O–H groups in total. The van der Waals surface area contributed by atoms with Crippen LogP contribution in [0, 0.1) is 0 Å². The monoisotopic (exact) mass is 263 g/mol. The fraction of sp³-hybridized carbons (Fsp3) is 0.231. The molecule has 0 bridgehead atoms. The first-order valence-corrected chi connectivity index (χ1v) is 6.05. The molecule has 0 aliphatic rings. The standard InChI is InChI=1S/C13H14ClN3O/c1-9(14)10-5-3-4-6-11(10)16-13(18)12-7-8-15-17(12)2/h3-9H,1-2H3,(H,16,18). The van der Waals surface area contributed by atoms with Crippen molar-refractivity contribution in [2.75, 3.05) is 5.32 Å². The Kier molecular flexibility index (Phi) is 3.67. The van der Waals surface area contributed by atoms with Crippen molar-refractivity contribution in [1.29, 1.82) is 0 Å². The van der Waals surface area contributed by atoms with Gasteiger partial charge in [-0.3, -0.25) is 9.48 Å². The molecule has 0 spiro atoms. The van der Waals surface area contributed by atoms with Crippen molar-refractivity contribution in [2.24, 2.45) is 7.05 Å². The molecule has 1 amide bonds. The van der Waals surface area contributed by atoms with Crippen LogP contribution in [0.3, 0.4) is 0 Å². The van der Waals surface area contributed by atoms with Crippen molar-refractivity contribution in [3.8, 4) is 0 Å². The van der Waals surface area contributed by atoms with E-state index < -0.39 is 0 Å². The summed E-state index contributed by atoms with van der Waals surface area (Å²) in [7, 11) is 1.73. The van der Waals surface area contributed by atoms with Gasteiger partial charge < -0.3 is 5.32 Å². The van der Waals surface area contributed by atoms with Gasteiger partial charge in [-0.1, -0.05) is 18.2 Å². The van der Waals surface area contributed by atoms with Gasteiger partial charge in [0, 0.05) is 18.9 Å². The Bertz CT molecular complexity index is 563. The summed E-state index contributed by atoms with van der Waals surface area (Å²) in [5, 5.41) is 6.66. The molecule has 1 atom stereocenters. The number of nitrogens with one attached hydrogen (secondary N) is 1. The van der Waals surface area contributed by atoms with Gasteiger partial charge >= 0.3 is 0 Å². The Labute approximate surface area is 111 Å². The van der Waals surface area contributed by atoms with E-state index in [9.17, 15) is 4.79 Å². The van der Waals surface area contributed by atoms with Crippen molar-refractivity contribution in [1.82, 2.24) is 9.78 Å². The van der Waals surface area contributed by atoms with Gasteiger partial charge in [-0.05, 0) is 24.6 Å². The number of halogens is 1. The summed E-state index contributed by atoms with van der Waals surface area (Å²) in [4.78, 5) is 12.1. The van der Waals surface area contributed by atoms with Crippen LogP contribution in [0.4, 0.5) is 5.69 Å². The van der Waals surface area contributed by atoms with Crippen LogP contribution >= 0.6 is 11.6 Å². The molecule has 2 aromatic rings. The van der Waals surface area contributed by atoms with Crippen molar-refractivity contribution in [2.45, 2.75) is 12.3 Å². The van der Waals surface area contributed by atoms with Crippen LogP contribution in [0.2, 0.25) is 0 Å². The Morgan fingerprint density at radius 2 is 2.11 bits per heavy atom. The van der Waals surface area contributed by atoms with E-state index in [1.807, 2.05) is 31.2 Å². The maximum absolute atomic E-state index is 12.1. The van der Waals surface area contributed by atoms with Gasteiger partial charge in [0.2, 0.25) is 0 Å². The average molecular weight is 264 g/mol. The third-order valence-corrected chi connectivity index (χ3v) is 2.93. The normalized spacial score (nSPS) is 12.2. The largest absolute Gasteiger partial charge is 0.320 e. The topological polar surface area (TPSA) is 46.9 Å². The number of anilines is 1. The molecule has 2 rings (SSSR count). The number of aromatic nitrogens is 2. The van der Waals surface area contributed by atoms with Crippen molar-refractivity contribution in [3.63, 3.8) is 0 Å². The van der Waals surface area contributed by atoms with Gasteiger partial charge in [0.15, 0.2) is 0 Å². The Morgan fingerprint density at radius 1 is 1.39 bits per heavy atom.